The quantitative estimate of drug-likeness (QED) is 0.869. The number of amides is 1. The molecule has 0 saturated carbocycles. The van der Waals surface area contributed by atoms with Gasteiger partial charge in [-0.1, -0.05) is 0 Å². The third-order valence-corrected chi connectivity index (χ3v) is 2.94. The number of aromatic carboxylic acids is 1. The van der Waals surface area contributed by atoms with Crippen molar-refractivity contribution in [1.82, 2.24) is 0 Å². The summed E-state index contributed by atoms with van der Waals surface area (Å²) in [6, 6.07) is 4.53. The number of rotatable bonds is 2. The van der Waals surface area contributed by atoms with E-state index in [-0.39, 0.29) is 11.5 Å². The van der Waals surface area contributed by atoms with Crippen molar-refractivity contribution in [2.45, 2.75) is 26.4 Å². The fraction of sp³-hybridized carbons (Fsp3) is 0.385. The first-order chi connectivity index (χ1) is 8.36. The molecule has 1 amide bonds. The first-order valence-corrected chi connectivity index (χ1v) is 5.75. The molecule has 1 aliphatic heterocycles. The van der Waals surface area contributed by atoms with E-state index in [2.05, 4.69) is 0 Å². The van der Waals surface area contributed by atoms with Gasteiger partial charge in [-0.15, -0.1) is 0 Å². The molecule has 5 heteroatoms. The van der Waals surface area contributed by atoms with E-state index in [0.717, 1.165) is 0 Å². The van der Waals surface area contributed by atoms with Crippen molar-refractivity contribution in [3.8, 4) is 5.75 Å². The standard InChI is InChI=1S/C13H15NO4/c1-4-14-9-6-5-8(11(15)16)7-10(9)18-13(2,3)12(14)17/h5-7H,4H2,1-3H3,(H,15,16). The number of anilines is 1. The highest BCUT2D eigenvalue weighted by Gasteiger charge is 2.40. The lowest BCUT2D eigenvalue weighted by Crippen LogP contribution is -2.52. The Labute approximate surface area is 105 Å². The van der Waals surface area contributed by atoms with E-state index in [1.165, 1.54) is 12.1 Å². The molecule has 0 radical (unpaired) electrons. The number of benzene rings is 1. The number of likely N-dealkylation sites (N-methyl/N-ethyl adjacent to an activating group) is 1. The minimum atomic E-state index is -1.01. The maximum absolute atomic E-state index is 12.1. The van der Waals surface area contributed by atoms with Gasteiger partial charge in [0.2, 0.25) is 0 Å². The molecule has 1 N–H and O–H groups in total. The molecule has 0 unspecified atom stereocenters. The van der Waals surface area contributed by atoms with Crippen LogP contribution < -0.4 is 9.64 Å². The smallest absolute Gasteiger partial charge is 0.335 e. The molecule has 2 rings (SSSR count). The van der Waals surface area contributed by atoms with Crippen LogP contribution in [0.25, 0.3) is 0 Å². The maximum Gasteiger partial charge on any atom is 0.335 e. The summed E-state index contributed by atoms with van der Waals surface area (Å²) in [6.45, 7) is 5.74. The van der Waals surface area contributed by atoms with Gasteiger partial charge in [0, 0.05) is 6.54 Å². The fourth-order valence-corrected chi connectivity index (χ4v) is 2.02. The van der Waals surface area contributed by atoms with Crippen molar-refractivity contribution in [2.75, 3.05) is 11.4 Å². The van der Waals surface area contributed by atoms with Crippen molar-refractivity contribution in [3.63, 3.8) is 0 Å². The molecule has 1 aliphatic rings. The minimum Gasteiger partial charge on any atom is -0.478 e. The number of carbonyl (C=O) groups excluding carboxylic acids is 1. The van der Waals surface area contributed by atoms with Crippen LogP contribution in [0.2, 0.25) is 0 Å². The lowest BCUT2D eigenvalue weighted by molar-refractivity contribution is -0.132. The number of fused-ring (bicyclic) bond motifs is 1. The molecule has 0 fully saturated rings. The predicted octanol–water partition coefficient (Wildman–Crippen LogP) is 1.91. The van der Waals surface area contributed by atoms with Crippen LogP contribution in [0.1, 0.15) is 31.1 Å². The van der Waals surface area contributed by atoms with Crippen molar-refractivity contribution in [2.24, 2.45) is 0 Å². The topological polar surface area (TPSA) is 66.8 Å². The third-order valence-electron chi connectivity index (χ3n) is 2.94. The Kier molecular flexibility index (Phi) is 2.77. The number of hydrogen-bond acceptors (Lipinski definition) is 3. The van der Waals surface area contributed by atoms with Crippen LogP contribution in [-0.4, -0.2) is 29.1 Å². The zero-order valence-corrected chi connectivity index (χ0v) is 10.6. The minimum absolute atomic E-state index is 0.124. The number of ether oxygens (including phenoxy) is 1. The summed E-state index contributed by atoms with van der Waals surface area (Å²) in [5.41, 5.74) is -0.207. The highest BCUT2D eigenvalue weighted by atomic mass is 16.5. The normalized spacial score (nSPS) is 17.1. The molecular formula is C13H15NO4. The summed E-state index contributed by atoms with van der Waals surface area (Å²) in [5, 5.41) is 8.96. The Balaban J connectivity index is 2.55. The van der Waals surface area contributed by atoms with Crippen LogP contribution in [0.3, 0.4) is 0 Å². The molecule has 0 spiro atoms. The second-order valence-electron chi connectivity index (χ2n) is 4.65. The van der Waals surface area contributed by atoms with E-state index in [4.69, 9.17) is 9.84 Å². The highest BCUT2D eigenvalue weighted by molar-refractivity contribution is 6.03. The van der Waals surface area contributed by atoms with Gasteiger partial charge in [-0.3, -0.25) is 4.79 Å². The zero-order valence-electron chi connectivity index (χ0n) is 10.6. The lowest BCUT2D eigenvalue weighted by Gasteiger charge is -2.38. The van der Waals surface area contributed by atoms with Crippen LogP contribution in [-0.2, 0) is 4.79 Å². The average Bonchev–Trinajstić information content (AvgIpc) is 2.29. The molecule has 0 atom stereocenters. The number of hydrogen-bond donors (Lipinski definition) is 1. The summed E-state index contributed by atoms with van der Waals surface area (Å²) in [4.78, 5) is 24.7. The largest absolute Gasteiger partial charge is 0.478 e. The van der Waals surface area contributed by atoms with Gasteiger partial charge >= 0.3 is 5.97 Å². The van der Waals surface area contributed by atoms with E-state index in [1.807, 2.05) is 6.92 Å². The first kappa shape index (κ1) is 12.4. The van der Waals surface area contributed by atoms with Crippen LogP contribution in [0.4, 0.5) is 5.69 Å². The van der Waals surface area contributed by atoms with Gasteiger partial charge in [0.1, 0.15) is 5.75 Å². The number of carboxylic acid groups (broad SMARTS) is 1. The molecule has 1 heterocycles. The third kappa shape index (κ3) is 1.81. The number of carbonyl (C=O) groups is 2. The second kappa shape index (κ2) is 4.01. The molecule has 1 aromatic rings. The van der Waals surface area contributed by atoms with Gasteiger partial charge in [-0.2, -0.15) is 0 Å². The predicted molar refractivity (Wildman–Crippen MR) is 66.1 cm³/mol. The average molecular weight is 249 g/mol. The Bertz CT molecular complexity index is 522. The van der Waals surface area contributed by atoms with E-state index >= 15 is 0 Å². The molecule has 18 heavy (non-hydrogen) atoms. The Morgan fingerprint density at radius 3 is 2.67 bits per heavy atom. The van der Waals surface area contributed by atoms with Gasteiger partial charge in [-0.25, -0.2) is 4.79 Å². The summed E-state index contributed by atoms with van der Waals surface area (Å²) in [5.74, 6) is -0.707. The monoisotopic (exact) mass is 249 g/mol. The molecule has 1 aromatic carbocycles. The summed E-state index contributed by atoms with van der Waals surface area (Å²) >= 11 is 0. The maximum atomic E-state index is 12.1. The van der Waals surface area contributed by atoms with Crippen molar-refractivity contribution >= 4 is 17.6 Å². The molecule has 0 aliphatic carbocycles. The summed E-state index contributed by atoms with van der Waals surface area (Å²) in [6.07, 6.45) is 0. The van der Waals surface area contributed by atoms with Gasteiger partial charge < -0.3 is 14.7 Å². The fourth-order valence-electron chi connectivity index (χ4n) is 2.02. The van der Waals surface area contributed by atoms with Crippen LogP contribution in [0, 0.1) is 0 Å². The zero-order chi connectivity index (χ0) is 13.5. The van der Waals surface area contributed by atoms with Gasteiger partial charge in [0.05, 0.1) is 11.3 Å². The molecule has 0 saturated heterocycles. The van der Waals surface area contributed by atoms with Crippen LogP contribution in [0.5, 0.6) is 5.75 Å². The number of nitrogens with zero attached hydrogens (tertiary/aromatic N) is 1. The molecule has 0 aromatic heterocycles. The van der Waals surface area contributed by atoms with E-state index in [0.29, 0.717) is 18.0 Å². The number of carboxylic acids is 1. The van der Waals surface area contributed by atoms with Gasteiger partial charge in [-0.05, 0) is 39.0 Å². The van der Waals surface area contributed by atoms with Crippen molar-refractivity contribution in [1.29, 1.82) is 0 Å². The molecule has 0 bridgehead atoms. The van der Waals surface area contributed by atoms with E-state index < -0.39 is 11.6 Å². The Morgan fingerprint density at radius 1 is 1.44 bits per heavy atom. The van der Waals surface area contributed by atoms with E-state index in [9.17, 15) is 9.59 Å². The van der Waals surface area contributed by atoms with Crippen molar-refractivity contribution in [3.05, 3.63) is 23.8 Å². The SMILES string of the molecule is CCN1C(=O)C(C)(C)Oc2cc(C(=O)O)ccc21. The van der Waals surface area contributed by atoms with Crippen molar-refractivity contribution < 1.29 is 19.4 Å². The highest BCUT2D eigenvalue weighted by Crippen LogP contribution is 2.38. The first-order valence-electron chi connectivity index (χ1n) is 5.75. The van der Waals surface area contributed by atoms with Crippen LogP contribution >= 0.6 is 0 Å². The van der Waals surface area contributed by atoms with Crippen LogP contribution in [0.15, 0.2) is 18.2 Å². The summed E-state index contributed by atoms with van der Waals surface area (Å²) < 4.78 is 5.60. The second-order valence-corrected chi connectivity index (χ2v) is 4.65. The summed E-state index contributed by atoms with van der Waals surface area (Å²) in [7, 11) is 0. The molecule has 5 nitrogen and oxygen atoms in total. The lowest BCUT2D eigenvalue weighted by atomic mass is 10.0. The van der Waals surface area contributed by atoms with E-state index in [1.54, 1.807) is 24.8 Å². The Hall–Kier alpha value is -2.04. The van der Waals surface area contributed by atoms with Gasteiger partial charge in [0.25, 0.3) is 5.91 Å². The van der Waals surface area contributed by atoms with Gasteiger partial charge in [0.15, 0.2) is 5.60 Å². The molecule has 96 valence electrons. The molecular weight excluding hydrogens is 234 g/mol. The Morgan fingerprint density at radius 2 is 2.11 bits per heavy atom.